The molecule has 6 nitrogen and oxygen atoms in total. The van der Waals surface area contributed by atoms with Gasteiger partial charge in [0.1, 0.15) is 0 Å². The highest BCUT2D eigenvalue weighted by Crippen LogP contribution is 2.10. The van der Waals surface area contributed by atoms with Crippen LogP contribution in [0.15, 0.2) is 39.9 Å². The van der Waals surface area contributed by atoms with Gasteiger partial charge in [-0.25, -0.2) is 0 Å². The molecule has 1 aromatic carbocycles. The lowest BCUT2D eigenvalue weighted by Crippen LogP contribution is -1.99. The van der Waals surface area contributed by atoms with Gasteiger partial charge in [0, 0.05) is 4.48 Å². The van der Waals surface area contributed by atoms with Gasteiger partial charge in [-0.15, -0.1) is 0 Å². The molecule has 0 radical (unpaired) electrons. The number of rotatable bonds is 3. The summed E-state index contributed by atoms with van der Waals surface area (Å²) in [4.78, 5) is 1.14. The molecule has 0 saturated heterocycles. The number of tetrazole rings is 1. The first-order valence-corrected chi connectivity index (χ1v) is 5.55. The molecule has 0 aliphatic carbocycles. The Kier molecular flexibility index (Phi) is 3.61. The van der Waals surface area contributed by atoms with E-state index in [0.717, 1.165) is 14.8 Å². The SMILES string of the molecule is Nc1nnnn1/N=C\C(Br)=C\c1ccccc1. The predicted octanol–water partition coefficient (Wildman–Crippen LogP) is 1.53. The van der Waals surface area contributed by atoms with Crippen LogP contribution in [0.5, 0.6) is 0 Å². The number of nitrogens with zero attached hydrogens (tertiary/aromatic N) is 5. The summed E-state index contributed by atoms with van der Waals surface area (Å²) in [6.45, 7) is 0. The number of nitrogens with two attached hydrogens (primary N) is 1. The lowest BCUT2D eigenvalue weighted by Gasteiger charge is -1.93. The van der Waals surface area contributed by atoms with Crippen LogP contribution in [0, 0.1) is 0 Å². The fourth-order valence-electron chi connectivity index (χ4n) is 1.13. The fraction of sp³-hybridized carbons (Fsp3) is 0. The average Bonchev–Trinajstić information content (AvgIpc) is 2.74. The third kappa shape index (κ3) is 3.22. The highest BCUT2D eigenvalue weighted by molar-refractivity contribution is 9.12. The van der Waals surface area contributed by atoms with E-state index in [1.54, 1.807) is 6.21 Å². The molecular formula is C10H9BrN6. The molecule has 2 aromatic rings. The molecule has 7 heteroatoms. The zero-order chi connectivity index (χ0) is 12.1. The van der Waals surface area contributed by atoms with E-state index < -0.39 is 0 Å². The summed E-state index contributed by atoms with van der Waals surface area (Å²) in [7, 11) is 0. The van der Waals surface area contributed by atoms with Gasteiger partial charge in [-0.3, -0.25) is 0 Å². The number of hydrogen-bond donors (Lipinski definition) is 1. The van der Waals surface area contributed by atoms with Crippen molar-refractivity contribution in [2.45, 2.75) is 0 Å². The van der Waals surface area contributed by atoms with Gasteiger partial charge < -0.3 is 5.73 Å². The molecule has 1 aromatic heterocycles. The number of anilines is 1. The van der Waals surface area contributed by atoms with Crippen LogP contribution in [0.1, 0.15) is 5.56 Å². The number of aromatic nitrogens is 4. The van der Waals surface area contributed by atoms with E-state index >= 15 is 0 Å². The topological polar surface area (TPSA) is 82.0 Å². The second kappa shape index (κ2) is 5.35. The Hall–Kier alpha value is -2.02. The van der Waals surface area contributed by atoms with Crippen LogP contribution in [-0.2, 0) is 0 Å². The van der Waals surface area contributed by atoms with Crippen LogP contribution in [-0.4, -0.2) is 26.5 Å². The Bertz CT molecular complexity index is 545. The van der Waals surface area contributed by atoms with Crippen molar-refractivity contribution in [3.05, 3.63) is 40.4 Å². The fourth-order valence-corrected chi connectivity index (χ4v) is 1.48. The summed E-state index contributed by atoms with van der Waals surface area (Å²) in [5.41, 5.74) is 6.52. The van der Waals surface area contributed by atoms with Crippen molar-refractivity contribution < 1.29 is 0 Å². The van der Waals surface area contributed by atoms with Crippen LogP contribution in [0.3, 0.4) is 0 Å². The molecule has 0 aliphatic rings. The number of benzene rings is 1. The maximum Gasteiger partial charge on any atom is 0.263 e. The van der Waals surface area contributed by atoms with Crippen molar-refractivity contribution in [2.75, 3.05) is 5.73 Å². The summed E-state index contributed by atoms with van der Waals surface area (Å²) in [5.74, 6) is 0.140. The van der Waals surface area contributed by atoms with E-state index in [0.29, 0.717) is 0 Å². The first-order valence-electron chi connectivity index (χ1n) is 4.76. The molecule has 2 rings (SSSR count). The molecule has 0 bridgehead atoms. The lowest BCUT2D eigenvalue weighted by molar-refractivity contribution is 0.700. The number of allylic oxidation sites excluding steroid dienone is 1. The number of hydrogen-bond acceptors (Lipinski definition) is 5. The summed E-state index contributed by atoms with van der Waals surface area (Å²) in [6, 6.07) is 9.85. The van der Waals surface area contributed by atoms with Gasteiger partial charge >= 0.3 is 0 Å². The average molecular weight is 293 g/mol. The van der Waals surface area contributed by atoms with Gasteiger partial charge in [0.2, 0.25) is 0 Å². The summed E-state index contributed by atoms with van der Waals surface area (Å²) in [5, 5.41) is 14.4. The van der Waals surface area contributed by atoms with E-state index in [1.165, 1.54) is 0 Å². The second-order valence-corrected chi connectivity index (χ2v) is 4.03. The van der Waals surface area contributed by atoms with Crippen LogP contribution in [0.2, 0.25) is 0 Å². The normalized spacial score (nSPS) is 12.2. The quantitative estimate of drug-likeness (QED) is 0.870. The zero-order valence-corrected chi connectivity index (χ0v) is 10.3. The van der Waals surface area contributed by atoms with Gasteiger partial charge in [0.05, 0.1) is 6.21 Å². The van der Waals surface area contributed by atoms with E-state index in [-0.39, 0.29) is 5.95 Å². The monoisotopic (exact) mass is 292 g/mol. The molecule has 0 amide bonds. The van der Waals surface area contributed by atoms with Gasteiger partial charge in [-0.1, -0.05) is 40.2 Å². The van der Waals surface area contributed by atoms with E-state index in [2.05, 4.69) is 36.6 Å². The Balaban J connectivity index is 2.12. The minimum absolute atomic E-state index is 0.140. The predicted molar refractivity (Wildman–Crippen MR) is 69.5 cm³/mol. The first kappa shape index (κ1) is 11.5. The van der Waals surface area contributed by atoms with Crippen molar-refractivity contribution in [1.29, 1.82) is 0 Å². The van der Waals surface area contributed by atoms with Gasteiger partial charge in [0.25, 0.3) is 5.95 Å². The molecule has 17 heavy (non-hydrogen) atoms. The summed E-state index contributed by atoms with van der Waals surface area (Å²) in [6.07, 6.45) is 3.49. The van der Waals surface area contributed by atoms with E-state index in [4.69, 9.17) is 5.73 Å². The minimum atomic E-state index is 0.140. The van der Waals surface area contributed by atoms with Crippen LogP contribution in [0.25, 0.3) is 6.08 Å². The van der Waals surface area contributed by atoms with Crippen molar-refractivity contribution in [3.8, 4) is 0 Å². The van der Waals surface area contributed by atoms with E-state index in [1.807, 2.05) is 36.4 Å². The Labute approximate surface area is 106 Å². The Morgan fingerprint density at radius 1 is 1.35 bits per heavy atom. The van der Waals surface area contributed by atoms with Crippen molar-refractivity contribution in [3.63, 3.8) is 0 Å². The molecule has 0 spiro atoms. The minimum Gasteiger partial charge on any atom is -0.365 e. The van der Waals surface area contributed by atoms with Crippen LogP contribution < -0.4 is 5.73 Å². The third-order valence-corrected chi connectivity index (χ3v) is 2.31. The molecule has 0 unspecified atom stereocenters. The molecular weight excluding hydrogens is 284 g/mol. The van der Waals surface area contributed by atoms with Crippen molar-refractivity contribution >= 4 is 34.2 Å². The molecule has 0 aliphatic heterocycles. The second-order valence-electron chi connectivity index (χ2n) is 3.11. The first-order chi connectivity index (χ1) is 8.25. The third-order valence-electron chi connectivity index (χ3n) is 1.87. The smallest absolute Gasteiger partial charge is 0.263 e. The molecule has 86 valence electrons. The van der Waals surface area contributed by atoms with Gasteiger partial charge in [-0.05, 0) is 38.0 Å². The van der Waals surface area contributed by atoms with Crippen LogP contribution in [0.4, 0.5) is 5.95 Å². The van der Waals surface area contributed by atoms with E-state index in [9.17, 15) is 0 Å². The zero-order valence-electron chi connectivity index (χ0n) is 8.73. The Morgan fingerprint density at radius 2 is 2.12 bits per heavy atom. The standard InChI is InChI=1S/C10H9BrN6/c11-9(6-8-4-2-1-3-5-8)7-13-17-10(12)14-15-16-17/h1-7H,(H2,12,14,16)/b9-6-,13-7-. The van der Waals surface area contributed by atoms with Crippen molar-refractivity contribution in [2.24, 2.45) is 5.10 Å². The molecule has 2 N–H and O–H groups in total. The van der Waals surface area contributed by atoms with Gasteiger partial charge in [-0.2, -0.15) is 5.10 Å². The maximum absolute atomic E-state index is 5.46. The largest absolute Gasteiger partial charge is 0.365 e. The number of halogens is 1. The Morgan fingerprint density at radius 3 is 2.76 bits per heavy atom. The van der Waals surface area contributed by atoms with Crippen molar-refractivity contribution in [1.82, 2.24) is 20.3 Å². The lowest BCUT2D eigenvalue weighted by atomic mass is 10.2. The highest BCUT2D eigenvalue weighted by Gasteiger charge is 1.96. The van der Waals surface area contributed by atoms with Gasteiger partial charge in [0.15, 0.2) is 0 Å². The summed E-state index contributed by atoms with van der Waals surface area (Å²) < 4.78 is 0.790. The van der Waals surface area contributed by atoms with Crippen LogP contribution >= 0.6 is 15.9 Å². The highest BCUT2D eigenvalue weighted by atomic mass is 79.9. The summed E-state index contributed by atoms with van der Waals surface area (Å²) >= 11 is 3.37. The molecule has 0 atom stereocenters. The molecule has 1 heterocycles. The maximum atomic E-state index is 5.46. The molecule has 0 saturated carbocycles. The molecule has 0 fully saturated rings. The number of nitrogen functional groups attached to an aromatic ring is 1.